The molecule has 0 spiro atoms. The van der Waals surface area contributed by atoms with E-state index in [9.17, 15) is 0 Å². The van der Waals surface area contributed by atoms with Gasteiger partial charge in [0, 0.05) is 38.3 Å². The first-order valence-electron chi connectivity index (χ1n) is 8.33. The summed E-state index contributed by atoms with van der Waals surface area (Å²) in [5.74, 6) is 1.75. The zero-order valence-corrected chi connectivity index (χ0v) is 13.1. The fourth-order valence-corrected chi connectivity index (χ4v) is 4.26. The van der Waals surface area contributed by atoms with Gasteiger partial charge >= 0.3 is 0 Å². The van der Waals surface area contributed by atoms with E-state index in [0.29, 0.717) is 12.1 Å². The summed E-state index contributed by atoms with van der Waals surface area (Å²) < 4.78 is 0. The van der Waals surface area contributed by atoms with E-state index in [1.165, 1.54) is 51.9 Å². The number of likely N-dealkylation sites (N-methyl/N-ethyl adjacent to an activating group) is 1. The normalized spacial score (nSPS) is 36.3. The summed E-state index contributed by atoms with van der Waals surface area (Å²) in [6.45, 7) is 12.7. The van der Waals surface area contributed by atoms with Crippen LogP contribution >= 0.6 is 0 Å². The minimum atomic E-state index is 0.629. The molecule has 0 amide bonds. The van der Waals surface area contributed by atoms with E-state index in [4.69, 9.17) is 5.73 Å². The Bertz CT molecular complexity index is 269. The molecule has 0 aromatic rings. The molecule has 0 bridgehead atoms. The zero-order chi connectivity index (χ0) is 13.8. The van der Waals surface area contributed by atoms with Crippen LogP contribution in [0.5, 0.6) is 0 Å². The van der Waals surface area contributed by atoms with Crippen molar-refractivity contribution in [2.24, 2.45) is 17.6 Å². The van der Waals surface area contributed by atoms with Crippen LogP contribution in [0.3, 0.4) is 0 Å². The Morgan fingerprint density at radius 1 is 1.21 bits per heavy atom. The second-order valence-electron chi connectivity index (χ2n) is 6.81. The van der Waals surface area contributed by atoms with Crippen LogP contribution < -0.4 is 5.73 Å². The number of hydrogen-bond donors (Lipinski definition) is 1. The molecule has 1 aliphatic heterocycles. The number of nitrogens with zero attached hydrogens (tertiary/aromatic N) is 2. The average Bonchev–Trinajstić information content (AvgIpc) is 2.40. The lowest BCUT2D eigenvalue weighted by Gasteiger charge is -2.46. The highest BCUT2D eigenvalue weighted by Gasteiger charge is 2.33. The summed E-state index contributed by atoms with van der Waals surface area (Å²) >= 11 is 0. The van der Waals surface area contributed by atoms with Crippen molar-refractivity contribution in [2.45, 2.75) is 58.5 Å². The van der Waals surface area contributed by atoms with Gasteiger partial charge in [-0.25, -0.2) is 0 Å². The maximum absolute atomic E-state index is 6.14. The molecule has 1 saturated heterocycles. The summed E-state index contributed by atoms with van der Waals surface area (Å²) in [7, 11) is 0. The van der Waals surface area contributed by atoms with Crippen LogP contribution in [0.1, 0.15) is 46.5 Å². The predicted molar refractivity (Wildman–Crippen MR) is 82.2 cm³/mol. The minimum absolute atomic E-state index is 0.629. The lowest BCUT2D eigenvalue weighted by Crippen LogP contribution is -2.58. The van der Waals surface area contributed by atoms with Crippen molar-refractivity contribution in [3.05, 3.63) is 0 Å². The largest absolute Gasteiger partial charge is 0.329 e. The van der Waals surface area contributed by atoms with E-state index >= 15 is 0 Å². The highest BCUT2D eigenvalue weighted by atomic mass is 15.3. The van der Waals surface area contributed by atoms with Crippen molar-refractivity contribution in [1.82, 2.24) is 9.80 Å². The molecule has 0 radical (unpaired) electrons. The van der Waals surface area contributed by atoms with Crippen LogP contribution in [0, 0.1) is 11.8 Å². The zero-order valence-electron chi connectivity index (χ0n) is 13.1. The molecule has 1 aliphatic carbocycles. The number of piperazine rings is 1. The van der Waals surface area contributed by atoms with Gasteiger partial charge in [0.2, 0.25) is 0 Å². The summed E-state index contributed by atoms with van der Waals surface area (Å²) in [5.41, 5.74) is 6.14. The lowest BCUT2D eigenvalue weighted by molar-refractivity contribution is 0.0294. The van der Waals surface area contributed by atoms with Crippen LogP contribution in [0.2, 0.25) is 0 Å². The third-order valence-corrected chi connectivity index (χ3v) is 5.43. The maximum atomic E-state index is 6.14. The van der Waals surface area contributed by atoms with E-state index < -0.39 is 0 Å². The van der Waals surface area contributed by atoms with Gasteiger partial charge in [-0.3, -0.25) is 9.80 Å². The molecule has 2 N–H and O–H groups in total. The first-order chi connectivity index (χ1) is 9.15. The molecule has 19 heavy (non-hydrogen) atoms. The van der Waals surface area contributed by atoms with Crippen LogP contribution in [0.4, 0.5) is 0 Å². The Hall–Kier alpha value is -0.120. The van der Waals surface area contributed by atoms with Crippen molar-refractivity contribution < 1.29 is 0 Å². The van der Waals surface area contributed by atoms with Crippen LogP contribution in [0.15, 0.2) is 0 Å². The Kier molecular flexibility index (Phi) is 5.67. The molecular weight excluding hydrogens is 234 g/mol. The van der Waals surface area contributed by atoms with Gasteiger partial charge in [0.25, 0.3) is 0 Å². The van der Waals surface area contributed by atoms with E-state index in [1.807, 2.05) is 0 Å². The molecule has 2 fully saturated rings. The molecule has 3 heteroatoms. The molecule has 0 aromatic heterocycles. The van der Waals surface area contributed by atoms with Crippen molar-refractivity contribution in [3.63, 3.8) is 0 Å². The fourth-order valence-electron chi connectivity index (χ4n) is 4.26. The number of nitrogens with two attached hydrogens (primary N) is 1. The first kappa shape index (κ1) is 15.3. The molecule has 112 valence electrons. The number of hydrogen-bond acceptors (Lipinski definition) is 3. The highest BCUT2D eigenvalue weighted by molar-refractivity contribution is 4.89. The molecule has 0 aromatic carbocycles. The topological polar surface area (TPSA) is 32.5 Å². The van der Waals surface area contributed by atoms with Gasteiger partial charge in [0.1, 0.15) is 0 Å². The van der Waals surface area contributed by atoms with E-state index in [-0.39, 0.29) is 0 Å². The molecule has 4 unspecified atom stereocenters. The molecule has 3 nitrogen and oxygen atoms in total. The van der Waals surface area contributed by atoms with Gasteiger partial charge in [-0.2, -0.15) is 0 Å². The van der Waals surface area contributed by atoms with Gasteiger partial charge in [0.15, 0.2) is 0 Å². The summed E-state index contributed by atoms with van der Waals surface area (Å²) in [6.07, 6.45) is 5.62. The molecule has 1 saturated carbocycles. The Balaban J connectivity index is 1.94. The van der Waals surface area contributed by atoms with Crippen molar-refractivity contribution in [3.8, 4) is 0 Å². The second kappa shape index (κ2) is 7.05. The highest BCUT2D eigenvalue weighted by Crippen LogP contribution is 2.33. The lowest BCUT2D eigenvalue weighted by atomic mass is 9.78. The SMILES string of the molecule is CCN1CCN(C(CN)C2CCCC(C)C2)CC1C. The Morgan fingerprint density at radius 2 is 2.00 bits per heavy atom. The minimum Gasteiger partial charge on any atom is -0.329 e. The Labute approximate surface area is 119 Å². The first-order valence-corrected chi connectivity index (χ1v) is 8.33. The third-order valence-electron chi connectivity index (χ3n) is 5.43. The number of rotatable bonds is 4. The second-order valence-corrected chi connectivity index (χ2v) is 6.81. The summed E-state index contributed by atoms with van der Waals surface area (Å²) in [6, 6.07) is 1.32. The summed E-state index contributed by atoms with van der Waals surface area (Å²) in [5, 5.41) is 0. The quantitative estimate of drug-likeness (QED) is 0.847. The average molecular weight is 267 g/mol. The maximum Gasteiger partial charge on any atom is 0.0247 e. The smallest absolute Gasteiger partial charge is 0.0247 e. The van der Waals surface area contributed by atoms with Gasteiger partial charge < -0.3 is 5.73 Å². The molecule has 4 atom stereocenters. The molecule has 1 heterocycles. The van der Waals surface area contributed by atoms with Crippen LogP contribution in [0.25, 0.3) is 0 Å². The van der Waals surface area contributed by atoms with Crippen LogP contribution in [-0.2, 0) is 0 Å². The fraction of sp³-hybridized carbons (Fsp3) is 1.00. The standard InChI is InChI=1S/C16H33N3/c1-4-18-8-9-19(12-14(18)3)16(11-17)15-7-5-6-13(2)10-15/h13-16H,4-12,17H2,1-3H3. The molecular formula is C16H33N3. The Morgan fingerprint density at radius 3 is 2.58 bits per heavy atom. The molecule has 2 aliphatic rings. The molecule has 2 rings (SSSR count). The third kappa shape index (κ3) is 3.71. The van der Waals surface area contributed by atoms with Crippen molar-refractivity contribution >= 4 is 0 Å². The summed E-state index contributed by atoms with van der Waals surface area (Å²) in [4.78, 5) is 5.28. The predicted octanol–water partition coefficient (Wildman–Crippen LogP) is 2.17. The van der Waals surface area contributed by atoms with Gasteiger partial charge in [0.05, 0.1) is 0 Å². The van der Waals surface area contributed by atoms with Crippen molar-refractivity contribution in [2.75, 3.05) is 32.7 Å². The van der Waals surface area contributed by atoms with Crippen LogP contribution in [-0.4, -0.2) is 54.6 Å². The van der Waals surface area contributed by atoms with Crippen molar-refractivity contribution in [1.29, 1.82) is 0 Å². The van der Waals surface area contributed by atoms with Gasteiger partial charge in [-0.05, 0) is 38.1 Å². The van der Waals surface area contributed by atoms with E-state index in [0.717, 1.165) is 18.4 Å². The van der Waals surface area contributed by atoms with E-state index in [1.54, 1.807) is 0 Å². The van der Waals surface area contributed by atoms with E-state index in [2.05, 4.69) is 30.6 Å². The van der Waals surface area contributed by atoms with Gasteiger partial charge in [-0.15, -0.1) is 0 Å². The monoisotopic (exact) mass is 267 g/mol. The van der Waals surface area contributed by atoms with Gasteiger partial charge in [-0.1, -0.05) is 26.7 Å².